The van der Waals surface area contributed by atoms with Crippen molar-refractivity contribution in [3.05, 3.63) is 41.3 Å². The monoisotopic (exact) mass is 335 g/mol. The van der Waals surface area contributed by atoms with Gasteiger partial charge in [0.1, 0.15) is 0 Å². The fraction of sp³-hybridized carbons (Fsp3) is 0.0769. The lowest BCUT2D eigenvalue weighted by Gasteiger charge is -1.98. The van der Waals surface area contributed by atoms with E-state index in [0.717, 1.165) is 26.8 Å². The van der Waals surface area contributed by atoms with Gasteiger partial charge in [0, 0.05) is 29.0 Å². The Hall–Kier alpha value is -2.45. The molecular formula is C13H14ClN7S. The van der Waals surface area contributed by atoms with Gasteiger partial charge in [-0.3, -0.25) is 9.38 Å². The van der Waals surface area contributed by atoms with Crippen molar-refractivity contribution >= 4 is 40.9 Å². The van der Waals surface area contributed by atoms with Crippen LogP contribution in [0.1, 0.15) is 10.6 Å². The SMILES string of the molecule is Cc1cn2c(/C=N/N=C(N)N)c(-c3ccncc3)nc2s1.Cl. The average molecular weight is 336 g/mol. The fourth-order valence-corrected chi connectivity index (χ4v) is 2.80. The molecular weight excluding hydrogens is 322 g/mol. The van der Waals surface area contributed by atoms with Crippen LogP contribution < -0.4 is 11.5 Å². The maximum absolute atomic E-state index is 5.28. The standard InChI is InChI=1S/C13H13N7S.ClH/c1-8-7-20-10(6-17-19-12(14)15)11(18-13(20)21-8)9-2-4-16-5-3-9;/h2-7H,1H3,(H4,14,15,19);1H/b17-6+;. The molecule has 0 amide bonds. The molecule has 3 aromatic rings. The molecule has 0 radical (unpaired) electrons. The van der Waals surface area contributed by atoms with E-state index in [-0.39, 0.29) is 18.4 Å². The normalized spacial score (nSPS) is 10.8. The van der Waals surface area contributed by atoms with Crippen molar-refractivity contribution in [3.8, 4) is 11.3 Å². The molecule has 0 aliphatic heterocycles. The van der Waals surface area contributed by atoms with Gasteiger partial charge in [0.05, 0.1) is 17.6 Å². The molecule has 0 fully saturated rings. The van der Waals surface area contributed by atoms with Crippen molar-refractivity contribution in [1.29, 1.82) is 0 Å². The number of rotatable bonds is 3. The molecule has 0 atom stereocenters. The second kappa shape index (κ2) is 6.54. The molecule has 0 saturated heterocycles. The van der Waals surface area contributed by atoms with Gasteiger partial charge in [-0.05, 0) is 19.1 Å². The van der Waals surface area contributed by atoms with E-state index < -0.39 is 0 Å². The number of hydrogen-bond acceptors (Lipinski definition) is 5. The van der Waals surface area contributed by atoms with Crippen LogP contribution in [-0.2, 0) is 0 Å². The number of aryl methyl sites for hydroxylation is 1. The van der Waals surface area contributed by atoms with E-state index in [0.29, 0.717) is 0 Å². The Morgan fingerprint density at radius 1 is 1.32 bits per heavy atom. The number of halogens is 1. The Morgan fingerprint density at radius 3 is 2.73 bits per heavy atom. The van der Waals surface area contributed by atoms with Gasteiger partial charge in [0.2, 0.25) is 5.96 Å². The molecule has 3 heterocycles. The zero-order chi connectivity index (χ0) is 14.8. The highest BCUT2D eigenvalue weighted by Crippen LogP contribution is 2.26. The number of pyridine rings is 1. The van der Waals surface area contributed by atoms with Crippen molar-refractivity contribution in [1.82, 2.24) is 14.4 Å². The smallest absolute Gasteiger partial charge is 0.211 e. The van der Waals surface area contributed by atoms with Crippen molar-refractivity contribution in [3.63, 3.8) is 0 Å². The van der Waals surface area contributed by atoms with Gasteiger partial charge in [-0.2, -0.15) is 5.10 Å². The zero-order valence-corrected chi connectivity index (χ0v) is 13.3. The van der Waals surface area contributed by atoms with Crippen LogP contribution in [0.5, 0.6) is 0 Å². The predicted molar refractivity (Wildman–Crippen MR) is 91.7 cm³/mol. The number of hydrogen-bond donors (Lipinski definition) is 2. The number of thiazole rings is 1. The minimum absolute atomic E-state index is 0. The molecule has 3 aromatic heterocycles. The molecule has 0 unspecified atom stereocenters. The molecule has 0 aliphatic carbocycles. The van der Waals surface area contributed by atoms with E-state index in [4.69, 9.17) is 11.5 Å². The number of nitrogens with two attached hydrogens (primary N) is 2. The molecule has 0 bridgehead atoms. The Kier molecular flexibility index (Phi) is 4.74. The molecule has 4 N–H and O–H groups in total. The first kappa shape index (κ1) is 15.9. The molecule has 7 nitrogen and oxygen atoms in total. The Balaban J connectivity index is 0.00000176. The summed E-state index contributed by atoms with van der Waals surface area (Å²) in [5, 5.41) is 7.54. The van der Waals surface area contributed by atoms with E-state index in [9.17, 15) is 0 Å². The van der Waals surface area contributed by atoms with Gasteiger partial charge >= 0.3 is 0 Å². The van der Waals surface area contributed by atoms with Gasteiger partial charge in [0.25, 0.3) is 0 Å². The third-order valence-corrected chi connectivity index (χ3v) is 3.68. The maximum atomic E-state index is 5.28. The lowest BCUT2D eigenvalue weighted by molar-refractivity contribution is 1.17. The van der Waals surface area contributed by atoms with Crippen LogP contribution >= 0.6 is 23.7 Å². The largest absolute Gasteiger partial charge is 0.369 e. The summed E-state index contributed by atoms with van der Waals surface area (Å²) >= 11 is 1.61. The lowest BCUT2D eigenvalue weighted by atomic mass is 10.1. The topological polar surface area (TPSA) is 107 Å². The molecule has 0 spiro atoms. The van der Waals surface area contributed by atoms with Crippen LogP contribution in [0.15, 0.2) is 40.9 Å². The van der Waals surface area contributed by atoms with E-state index in [1.54, 1.807) is 29.9 Å². The first-order chi connectivity index (χ1) is 10.1. The zero-order valence-electron chi connectivity index (χ0n) is 11.7. The summed E-state index contributed by atoms with van der Waals surface area (Å²) in [6.45, 7) is 2.03. The summed E-state index contributed by atoms with van der Waals surface area (Å²) in [5.41, 5.74) is 13.2. The Labute approximate surface area is 136 Å². The highest BCUT2D eigenvalue weighted by atomic mass is 35.5. The number of aromatic nitrogens is 3. The van der Waals surface area contributed by atoms with Crippen LogP contribution in [-0.4, -0.2) is 26.5 Å². The van der Waals surface area contributed by atoms with Crippen LogP contribution in [0.3, 0.4) is 0 Å². The molecule has 114 valence electrons. The number of nitrogens with zero attached hydrogens (tertiary/aromatic N) is 5. The summed E-state index contributed by atoms with van der Waals surface area (Å²) in [6, 6.07) is 3.80. The quantitative estimate of drug-likeness (QED) is 0.432. The lowest BCUT2D eigenvalue weighted by Crippen LogP contribution is -2.21. The summed E-state index contributed by atoms with van der Waals surface area (Å²) < 4.78 is 1.97. The molecule has 22 heavy (non-hydrogen) atoms. The minimum Gasteiger partial charge on any atom is -0.369 e. The van der Waals surface area contributed by atoms with Crippen molar-refractivity contribution in [2.45, 2.75) is 6.92 Å². The fourth-order valence-electron chi connectivity index (χ4n) is 1.97. The third-order valence-electron chi connectivity index (χ3n) is 2.79. The number of imidazole rings is 1. The second-order valence-electron chi connectivity index (χ2n) is 4.35. The van der Waals surface area contributed by atoms with Crippen molar-refractivity contribution in [2.75, 3.05) is 0 Å². The average Bonchev–Trinajstić information content (AvgIpc) is 2.97. The van der Waals surface area contributed by atoms with Gasteiger partial charge in [-0.15, -0.1) is 28.8 Å². The summed E-state index contributed by atoms with van der Waals surface area (Å²) in [4.78, 5) is 10.7. The first-order valence-corrected chi connectivity index (χ1v) is 6.97. The van der Waals surface area contributed by atoms with Gasteiger partial charge in [-0.1, -0.05) is 0 Å². The van der Waals surface area contributed by atoms with Crippen LogP contribution in [0.4, 0.5) is 0 Å². The summed E-state index contributed by atoms with van der Waals surface area (Å²) in [6.07, 6.45) is 7.06. The van der Waals surface area contributed by atoms with E-state index in [2.05, 4.69) is 20.2 Å². The highest BCUT2D eigenvalue weighted by molar-refractivity contribution is 7.17. The second-order valence-corrected chi connectivity index (χ2v) is 5.56. The molecule has 9 heteroatoms. The third kappa shape index (κ3) is 3.07. The number of fused-ring (bicyclic) bond motifs is 1. The highest BCUT2D eigenvalue weighted by Gasteiger charge is 2.14. The van der Waals surface area contributed by atoms with Gasteiger partial charge < -0.3 is 11.5 Å². The molecule has 0 saturated carbocycles. The van der Waals surface area contributed by atoms with Crippen molar-refractivity contribution < 1.29 is 0 Å². The summed E-state index contributed by atoms with van der Waals surface area (Å²) in [5.74, 6) is -0.0843. The maximum Gasteiger partial charge on any atom is 0.211 e. The van der Waals surface area contributed by atoms with Gasteiger partial charge in [-0.25, -0.2) is 4.98 Å². The van der Waals surface area contributed by atoms with E-state index in [1.807, 2.05) is 29.7 Å². The minimum atomic E-state index is -0.0843. The number of guanidine groups is 1. The molecule has 0 aromatic carbocycles. The first-order valence-electron chi connectivity index (χ1n) is 6.16. The summed E-state index contributed by atoms with van der Waals surface area (Å²) in [7, 11) is 0. The van der Waals surface area contributed by atoms with Crippen LogP contribution in [0.25, 0.3) is 16.2 Å². The predicted octanol–water partition coefficient (Wildman–Crippen LogP) is 1.80. The van der Waals surface area contributed by atoms with Crippen LogP contribution in [0.2, 0.25) is 0 Å². The van der Waals surface area contributed by atoms with Crippen molar-refractivity contribution in [2.24, 2.45) is 21.7 Å². The Morgan fingerprint density at radius 2 is 2.05 bits per heavy atom. The Bertz CT molecular complexity index is 831. The molecule has 0 aliphatic rings. The van der Waals surface area contributed by atoms with Crippen LogP contribution in [0, 0.1) is 6.92 Å². The van der Waals surface area contributed by atoms with Gasteiger partial charge in [0.15, 0.2) is 4.96 Å². The molecule has 3 rings (SSSR count). The van der Waals surface area contributed by atoms with E-state index >= 15 is 0 Å². The van der Waals surface area contributed by atoms with E-state index in [1.165, 1.54) is 0 Å².